The van der Waals surface area contributed by atoms with Crippen LogP contribution in [0.15, 0.2) is 85.8 Å². The van der Waals surface area contributed by atoms with Crippen LogP contribution in [0.5, 0.6) is 0 Å². The maximum absolute atomic E-state index is 11.2. The van der Waals surface area contributed by atoms with Crippen LogP contribution in [0.4, 0.5) is 11.6 Å². The summed E-state index contributed by atoms with van der Waals surface area (Å²) in [5, 5.41) is 27.3. The predicted molar refractivity (Wildman–Crippen MR) is 163 cm³/mol. The second kappa shape index (κ2) is 12.8. The van der Waals surface area contributed by atoms with E-state index in [-0.39, 0.29) is 12.5 Å². The summed E-state index contributed by atoms with van der Waals surface area (Å²) in [6.45, 7) is 3.29. The molecule has 0 saturated carbocycles. The van der Waals surface area contributed by atoms with Crippen molar-refractivity contribution >= 4 is 29.2 Å². The number of nitrogens with one attached hydrogen (secondary N) is 2. The van der Waals surface area contributed by atoms with E-state index >= 15 is 0 Å². The summed E-state index contributed by atoms with van der Waals surface area (Å²) in [6.07, 6.45) is 3.07. The Bertz CT molecular complexity index is 1630. The Morgan fingerprint density at radius 1 is 1.09 bits per heavy atom. The molecular formula is C31H36N9O4+. The number of hydrogen-bond donors (Lipinski definition) is 4. The van der Waals surface area contributed by atoms with Crippen LogP contribution < -0.4 is 15.0 Å². The number of aromatic nitrogens is 6. The van der Waals surface area contributed by atoms with E-state index in [1.807, 2.05) is 53.0 Å². The Labute approximate surface area is 254 Å². The van der Waals surface area contributed by atoms with Crippen LogP contribution in [0, 0.1) is 0 Å². The number of hydrogen-bond acceptors (Lipinski definition) is 9. The lowest BCUT2D eigenvalue weighted by atomic mass is 9.91. The highest BCUT2D eigenvalue weighted by Crippen LogP contribution is 2.33. The van der Waals surface area contributed by atoms with Crippen molar-refractivity contribution in [3.8, 4) is 0 Å². The molecule has 0 spiro atoms. The van der Waals surface area contributed by atoms with E-state index in [2.05, 4.69) is 39.6 Å². The fraction of sp³-hybridized carbons (Fsp3) is 0.323. The average Bonchev–Trinajstić information content (AvgIpc) is 3.80. The molecular weight excluding hydrogens is 562 g/mol. The first-order chi connectivity index (χ1) is 21.5. The van der Waals surface area contributed by atoms with Crippen molar-refractivity contribution in [1.29, 1.82) is 0 Å². The molecule has 1 fully saturated rings. The average molecular weight is 599 g/mol. The van der Waals surface area contributed by atoms with Crippen LogP contribution in [0.1, 0.15) is 30.2 Å². The van der Waals surface area contributed by atoms with Gasteiger partial charge in [0.2, 0.25) is 12.1 Å². The van der Waals surface area contributed by atoms with Crippen molar-refractivity contribution in [3.63, 3.8) is 0 Å². The molecule has 13 heteroatoms. The number of rotatable bonds is 12. The third-order valence-electron chi connectivity index (χ3n) is 7.97. The quantitative estimate of drug-likeness (QED) is 0.124. The van der Waals surface area contributed by atoms with Gasteiger partial charge < -0.3 is 30.2 Å². The van der Waals surface area contributed by atoms with Gasteiger partial charge in [-0.1, -0.05) is 65.6 Å². The van der Waals surface area contributed by atoms with E-state index in [0.717, 1.165) is 16.9 Å². The maximum Gasteiger partial charge on any atom is 0.275 e. The van der Waals surface area contributed by atoms with E-state index < -0.39 is 24.5 Å². The number of benzene rings is 2. The first-order valence-corrected chi connectivity index (χ1v) is 14.5. The van der Waals surface area contributed by atoms with Gasteiger partial charge in [0.05, 0.1) is 25.6 Å². The molecule has 1 amide bonds. The van der Waals surface area contributed by atoms with Crippen molar-refractivity contribution in [2.24, 2.45) is 0 Å². The highest BCUT2D eigenvalue weighted by molar-refractivity contribution is 5.81. The van der Waals surface area contributed by atoms with Crippen LogP contribution in [0.2, 0.25) is 0 Å². The summed E-state index contributed by atoms with van der Waals surface area (Å²) in [6, 6.07) is 20.7. The minimum absolute atomic E-state index is 0.0316. The number of likely N-dealkylation sites (N-methyl/N-ethyl adjacent to an activating group) is 1. The van der Waals surface area contributed by atoms with E-state index in [4.69, 9.17) is 14.7 Å². The number of aliphatic hydroxyl groups excluding tert-OH is 2. The molecule has 4 atom stereocenters. The van der Waals surface area contributed by atoms with Crippen LogP contribution in [0.3, 0.4) is 0 Å². The first-order valence-electron chi connectivity index (χ1n) is 14.5. The standard InChI is InChI=1S/C31H35N9O4/c1-3-39(25-15-32-17-34-25)40-19-36-29-26(35-18-38(29)31-28(43)27(42)24(44-31)16-37(2)20-41)30(40)33-14-23(21-10-6-4-7-11-21)22-12-8-5-9-13-22/h4-13,15,17-20,23-24,27-28,31,42-43H,3,14,16H2,1-2H3,(H,32,34)/p+1/t24-,27-,28?,31-/m1/s1. The number of aromatic amines is 1. The van der Waals surface area contributed by atoms with Crippen LogP contribution in [0.25, 0.3) is 11.2 Å². The molecule has 0 radical (unpaired) electrons. The van der Waals surface area contributed by atoms with Crippen LogP contribution in [-0.2, 0) is 9.53 Å². The number of ether oxygens (including phenoxy) is 1. The predicted octanol–water partition coefficient (Wildman–Crippen LogP) is 1.68. The zero-order valence-electron chi connectivity index (χ0n) is 24.5. The van der Waals surface area contributed by atoms with Crippen molar-refractivity contribution < 1.29 is 24.4 Å². The fourth-order valence-electron chi connectivity index (χ4n) is 5.72. The monoisotopic (exact) mass is 598 g/mol. The highest BCUT2D eigenvalue weighted by Gasteiger charge is 2.45. The molecule has 1 unspecified atom stereocenters. The third kappa shape index (κ3) is 5.60. The highest BCUT2D eigenvalue weighted by atomic mass is 16.6. The molecule has 2 aromatic carbocycles. The molecule has 1 saturated heterocycles. The number of carbonyl (C=O) groups excluding carboxylic acids is 1. The van der Waals surface area contributed by atoms with Gasteiger partial charge in [-0.3, -0.25) is 9.36 Å². The molecule has 3 aromatic heterocycles. The normalized spacial score (nSPS) is 19.8. The summed E-state index contributed by atoms with van der Waals surface area (Å²) in [5.41, 5.74) is 3.33. The Hall–Kier alpha value is -4.85. The summed E-state index contributed by atoms with van der Waals surface area (Å²) < 4.78 is 9.57. The number of H-pyrrole nitrogens is 1. The molecule has 1 aliphatic rings. The molecule has 6 rings (SSSR count). The zero-order valence-corrected chi connectivity index (χ0v) is 24.5. The lowest BCUT2D eigenvalue weighted by Crippen LogP contribution is -2.56. The maximum atomic E-state index is 11.2. The van der Waals surface area contributed by atoms with E-state index in [1.54, 1.807) is 36.8 Å². The zero-order chi connectivity index (χ0) is 30.6. The fourth-order valence-corrected chi connectivity index (χ4v) is 5.72. The molecule has 5 aromatic rings. The van der Waals surface area contributed by atoms with Gasteiger partial charge in [0.25, 0.3) is 12.1 Å². The number of aliphatic hydroxyl groups is 2. The molecule has 1 aliphatic heterocycles. The number of anilines is 2. The Balaban J connectivity index is 1.41. The molecule has 4 heterocycles. The topological polar surface area (TPSA) is 149 Å². The van der Waals surface area contributed by atoms with Crippen LogP contribution in [-0.4, -0.2) is 91.0 Å². The second-order valence-corrected chi connectivity index (χ2v) is 10.8. The summed E-state index contributed by atoms with van der Waals surface area (Å²) >= 11 is 0. The van der Waals surface area contributed by atoms with Gasteiger partial charge in [0.1, 0.15) is 24.6 Å². The van der Waals surface area contributed by atoms with Crippen molar-refractivity contribution in [2.45, 2.75) is 37.4 Å². The number of imidazole rings is 2. The summed E-state index contributed by atoms with van der Waals surface area (Å²) in [7, 11) is 1.59. The van der Waals surface area contributed by atoms with E-state index in [9.17, 15) is 15.0 Å². The molecule has 44 heavy (non-hydrogen) atoms. The Morgan fingerprint density at radius 2 is 1.80 bits per heavy atom. The molecule has 0 bridgehead atoms. The Kier molecular flexibility index (Phi) is 8.50. The van der Waals surface area contributed by atoms with Gasteiger partial charge in [-0.2, -0.15) is 0 Å². The van der Waals surface area contributed by atoms with Gasteiger partial charge >= 0.3 is 0 Å². The Morgan fingerprint density at radius 3 is 2.41 bits per heavy atom. The van der Waals surface area contributed by atoms with Crippen molar-refractivity contribution in [2.75, 3.05) is 37.0 Å². The van der Waals surface area contributed by atoms with Gasteiger partial charge in [0.15, 0.2) is 17.6 Å². The third-order valence-corrected chi connectivity index (χ3v) is 7.97. The number of amides is 1. The molecule has 228 valence electrons. The number of carbonyl (C=O) groups is 1. The van der Waals surface area contributed by atoms with Gasteiger partial charge in [-0.15, -0.1) is 4.68 Å². The lowest BCUT2D eigenvalue weighted by molar-refractivity contribution is -0.672. The minimum Gasteiger partial charge on any atom is -0.387 e. The lowest BCUT2D eigenvalue weighted by Gasteiger charge is -2.23. The van der Waals surface area contributed by atoms with Gasteiger partial charge in [-0.25, -0.2) is 15.0 Å². The molecule has 4 N–H and O–H groups in total. The number of nitrogens with zero attached hydrogens (tertiary/aromatic N) is 7. The molecule has 0 aliphatic carbocycles. The van der Waals surface area contributed by atoms with Gasteiger partial charge in [0, 0.05) is 19.5 Å². The van der Waals surface area contributed by atoms with Crippen LogP contribution >= 0.6 is 0 Å². The summed E-state index contributed by atoms with van der Waals surface area (Å²) in [4.78, 5) is 29.4. The smallest absolute Gasteiger partial charge is 0.275 e. The van der Waals surface area contributed by atoms with Crippen molar-refractivity contribution in [1.82, 2.24) is 29.4 Å². The summed E-state index contributed by atoms with van der Waals surface area (Å²) in [5.74, 6) is 1.47. The van der Waals surface area contributed by atoms with E-state index in [0.29, 0.717) is 36.5 Å². The van der Waals surface area contributed by atoms with Crippen molar-refractivity contribution in [3.05, 3.63) is 97.0 Å². The molecule has 13 nitrogen and oxygen atoms in total. The second-order valence-electron chi connectivity index (χ2n) is 10.8. The van der Waals surface area contributed by atoms with E-state index in [1.165, 1.54) is 4.90 Å². The number of fused-ring (bicyclic) bond motifs is 1. The SMILES string of the molecule is CCN(c1cnc[nH]1)[n+]1cnc2c(ncn2[C@@H]2O[C@H](CN(C)C=O)[C@@H](O)C2O)c1NCC(c1ccccc1)c1ccccc1. The van der Waals surface area contributed by atoms with Gasteiger partial charge in [-0.05, 0) is 18.1 Å². The first kappa shape index (κ1) is 29.2. The largest absolute Gasteiger partial charge is 0.387 e. The minimum atomic E-state index is -1.25.